The average molecular weight is 491 g/mol. The first-order valence-electron chi connectivity index (χ1n) is 9.58. The second-order valence-electron chi connectivity index (χ2n) is 6.88. The van der Waals surface area contributed by atoms with Crippen LogP contribution in [0.1, 0.15) is 22.1 Å². The van der Waals surface area contributed by atoms with Crippen LogP contribution in [-0.4, -0.2) is 50.9 Å². The zero-order chi connectivity index (χ0) is 24.2. The van der Waals surface area contributed by atoms with E-state index in [0.717, 1.165) is 23.8 Å². The highest BCUT2D eigenvalue weighted by atomic mass is 32.2. The summed E-state index contributed by atoms with van der Waals surface area (Å²) < 4.78 is 28.7. The number of carbonyl (C=O) groups is 2. The fourth-order valence-corrected chi connectivity index (χ4v) is 4.47. The van der Waals surface area contributed by atoms with Gasteiger partial charge in [0, 0.05) is 18.9 Å². The molecule has 10 nitrogen and oxygen atoms in total. The van der Waals surface area contributed by atoms with Crippen molar-refractivity contribution in [3.63, 3.8) is 0 Å². The molecule has 0 aliphatic carbocycles. The number of aliphatic hydroxyl groups excluding tert-OH is 1. The molecule has 0 aliphatic rings. The third kappa shape index (κ3) is 5.73. The Bertz CT molecular complexity index is 1280. The van der Waals surface area contributed by atoms with Gasteiger partial charge in [0.25, 0.3) is 5.91 Å². The number of anilines is 2. The summed E-state index contributed by atoms with van der Waals surface area (Å²) in [5.41, 5.74) is 0.942. The Hall–Kier alpha value is -3.32. The molecular formula is C21H22N4O6S2. The van der Waals surface area contributed by atoms with E-state index in [-0.39, 0.29) is 20.7 Å². The maximum Gasteiger partial charge on any atom is 0.419 e. The molecule has 3 aromatic rings. The molecule has 2 amide bonds. The molecule has 0 aliphatic heterocycles. The first-order valence-corrected chi connectivity index (χ1v) is 12.3. The Labute approximate surface area is 194 Å². The molecule has 0 fully saturated rings. The number of ether oxygens (including phenoxy) is 1. The van der Waals surface area contributed by atoms with Gasteiger partial charge in [-0.2, -0.15) is 0 Å². The number of rotatable bonds is 7. The number of nitrogens with zero attached hydrogens (tertiary/aromatic N) is 2. The zero-order valence-corrected chi connectivity index (χ0v) is 19.6. The SMILES string of the molecule is CNC(O)c1ccccc1N(C)C(=O)Oc1ccccc1C(=O)Nc1ncc(S(C)(=O)=O)s1. The predicted octanol–water partition coefficient (Wildman–Crippen LogP) is 2.64. The number of sulfone groups is 1. The van der Waals surface area contributed by atoms with Crippen LogP contribution in [0, 0.1) is 0 Å². The van der Waals surface area contributed by atoms with Gasteiger partial charge in [-0.05, 0) is 25.2 Å². The second-order valence-corrected chi connectivity index (χ2v) is 10.2. The molecule has 1 unspecified atom stereocenters. The highest BCUT2D eigenvalue weighted by Crippen LogP contribution is 2.27. The number of carbonyl (C=O) groups excluding carboxylic acids is 2. The van der Waals surface area contributed by atoms with Crippen LogP contribution in [0.2, 0.25) is 0 Å². The number of aliphatic hydroxyl groups is 1. The smallest absolute Gasteiger partial charge is 0.409 e. The van der Waals surface area contributed by atoms with Crippen LogP contribution in [0.4, 0.5) is 15.6 Å². The number of thiazole rings is 1. The predicted molar refractivity (Wildman–Crippen MR) is 125 cm³/mol. The largest absolute Gasteiger partial charge is 0.419 e. The van der Waals surface area contributed by atoms with Crippen LogP contribution in [0.25, 0.3) is 0 Å². The van der Waals surface area contributed by atoms with E-state index in [1.807, 2.05) is 0 Å². The number of hydrogen-bond donors (Lipinski definition) is 3. The van der Waals surface area contributed by atoms with Gasteiger partial charge < -0.3 is 9.84 Å². The van der Waals surface area contributed by atoms with Gasteiger partial charge in [0.05, 0.1) is 17.4 Å². The Morgan fingerprint density at radius 2 is 1.82 bits per heavy atom. The standard InChI is InChI=1S/C21H22N4O6S2/c1-22-18(26)13-8-4-6-10-15(13)25(2)21(28)31-16-11-7-5-9-14(16)19(27)24-20-23-12-17(32-20)33(3,29)30/h4-12,18,22,26H,1-3H3,(H,23,24,27). The van der Waals surface area contributed by atoms with Gasteiger partial charge in [-0.15, -0.1) is 0 Å². The molecule has 0 saturated carbocycles. The average Bonchev–Trinajstić information content (AvgIpc) is 3.27. The first kappa shape index (κ1) is 24.3. The number of hydrogen-bond acceptors (Lipinski definition) is 9. The molecular weight excluding hydrogens is 468 g/mol. The van der Waals surface area contributed by atoms with E-state index in [4.69, 9.17) is 4.74 Å². The van der Waals surface area contributed by atoms with Crippen molar-refractivity contribution in [3.8, 4) is 5.75 Å². The molecule has 1 heterocycles. The van der Waals surface area contributed by atoms with E-state index < -0.39 is 28.1 Å². The van der Waals surface area contributed by atoms with E-state index in [1.165, 1.54) is 24.1 Å². The van der Waals surface area contributed by atoms with Gasteiger partial charge >= 0.3 is 6.09 Å². The molecule has 0 saturated heterocycles. The van der Waals surface area contributed by atoms with Crippen molar-refractivity contribution in [3.05, 3.63) is 65.9 Å². The van der Waals surface area contributed by atoms with E-state index in [1.54, 1.807) is 43.4 Å². The summed E-state index contributed by atoms with van der Waals surface area (Å²) in [7, 11) is -0.387. The number of aromatic nitrogens is 1. The van der Waals surface area contributed by atoms with Crippen LogP contribution in [-0.2, 0) is 9.84 Å². The van der Waals surface area contributed by atoms with Crippen LogP contribution in [0.5, 0.6) is 5.75 Å². The van der Waals surface area contributed by atoms with E-state index in [0.29, 0.717) is 11.3 Å². The second kappa shape index (κ2) is 10.1. The monoisotopic (exact) mass is 490 g/mol. The number of para-hydroxylation sites is 2. The summed E-state index contributed by atoms with van der Waals surface area (Å²) in [5.74, 6) is -0.625. The van der Waals surface area contributed by atoms with Crippen molar-refractivity contribution in [2.24, 2.45) is 0 Å². The molecule has 3 rings (SSSR count). The number of amides is 2. The lowest BCUT2D eigenvalue weighted by Crippen LogP contribution is -2.32. The van der Waals surface area contributed by atoms with Crippen LogP contribution < -0.4 is 20.3 Å². The zero-order valence-electron chi connectivity index (χ0n) is 18.0. The lowest BCUT2D eigenvalue weighted by atomic mass is 10.1. The third-order valence-electron chi connectivity index (χ3n) is 4.54. The lowest BCUT2D eigenvalue weighted by molar-refractivity contribution is 0.102. The molecule has 33 heavy (non-hydrogen) atoms. The summed E-state index contributed by atoms with van der Waals surface area (Å²) in [6.45, 7) is 0. The highest BCUT2D eigenvalue weighted by Gasteiger charge is 2.22. The molecule has 12 heteroatoms. The van der Waals surface area contributed by atoms with Crippen molar-refractivity contribution in [2.75, 3.05) is 30.6 Å². The van der Waals surface area contributed by atoms with E-state index in [2.05, 4.69) is 15.6 Å². The Kier molecular flexibility index (Phi) is 7.43. The van der Waals surface area contributed by atoms with Gasteiger partial charge in [-0.1, -0.05) is 41.7 Å². The summed E-state index contributed by atoms with van der Waals surface area (Å²) >= 11 is 0.815. The summed E-state index contributed by atoms with van der Waals surface area (Å²) in [6.07, 6.45) is 0.433. The van der Waals surface area contributed by atoms with Gasteiger partial charge in [0.1, 0.15) is 16.2 Å². The van der Waals surface area contributed by atoms with Crippen molar-refractivity contribution in [2.45, 2.75) is 10.4 Å². The van der Waals surface area contributed by atoms with Gasteiger partial charge in [-0.25, -0.2) is 18.2 Å². The van der Waals surface area contributed by atoms with Crippen molar-refractivity contribution in [1.82, 2.24) is 10.3 Å². The lowest BCUT2D eigenvalue weighted by Gasteiger charge is -2.22. The van der Waals surface area contributed by atoms with Crippen molar-refractivity contribution in [1.29, 1.82) is 0 Å². The molecule has 2 aromatic carbocycles. The van der Waals surface area contributed by atoms with Gasteiger partial charge in [-0.3, -0.25) is 20.3 Å². The summed E-state index contributed by atoms with van der Waals surface area (Å²) in [6, 6.07) is 12.9. The van der Waals surface area contributed by atoms with Crippen molar-refractivity contribution < 1.29 is 27.9 Å². The van der Waals surface area contributed by atoms with E-state index in [9.17, 15) is 23.1 Å². The number of nitrogens with one attached hydrogen (secondary N) is 2. The minimum atomic E-state index is -3.45. The summed E-state index contributed by atoms with van der Waals surface area (Å²) in [5, 5.41) is 15.5. The molecule has 174 valence electrons. The fourth-order valence-electron chi connectivity index (χ4n) is 2.84. The molecule has 1 aromatic heterocycles. The molecule has 3 N–H and O–H groups in total. The maximum atomic E-state index is 12.8. The third-order valence-corrected chi connectivity index (χ3v) is 7.24. The molecule has 0 radical (unpaired) electrons. The molecule has 0 spiro atoms. The van der Waals surface area contributed by atoms with Crippen molar-refractivity contribution >= 4 is 44.0 Å². The quantitative estimate of drug-likeness (QED) is 0.430. The Morgan fingerprint density at radius 3 is 2.48 bits per heavy atom. The minimum Gasteiger partial charge on any atom is -0.409 e. The van der Waals surface area contributed by atoms with Gasteiger partial charge in [0.2, 0.25) is 0 Å². The highest BCUT2D eigenvalue weighted by molar-refractivity contribution is 7.92. The maximum absolute atomic E-state index is 12.8. The van der Waals surface area contributed by atoms with Crippen LogP contribution in [0.15, 0.2) is 58.9 Å². The topological polar surface area (TPSA) is 138 Å². The Morgan fingerprint density at radius 1 is 1.15 bits per heavy atom. The Balaban J connectivity index is 1.80. The molecule has 1 atom stereocenters. The minimum absolute atomic E-state index is 0.00149. The molecule has 0 bridgehead atoms. The number of benzene rings is 2. The van der Waals surface area contributed by atoms with E-state index >= 15 is 0 Å². The van der Waals surface area contributed by atoms with Crippen LogP contribution in [0.3, 0.4) is 0 Å². The first-order chi connectivity index (χ1) is 15.6. The summed E-state index contributed by atoms with van der Waals surface area (Å²) in [4.78, 5) is 30.7. The van der Waals surface area contributed by atoms with Crippen LogP contribution >= 0.6 is 11.3 Å². The van der Waals surface area contributed by atoms with Gasteiger partial charge in [0.15, 0.2) is 15.0 Å². The fraction of sp³-hybridized carbons (Fsp3) is 0.190. The normalized spacial score (nSPS) is 12.1.